The van der Waals surface area contributed by atoms with Crippen molar-refractivity contribution < 1.29 is 36.9 Å². The molecule has 4 heterocycles. The average molecular weight is 1160 g/mol. The van der Waals surface area contributed by atoms with Crippen LogP contribution < -0.4 is 4.57 Å². The Bertz CT molecular complexity index is 4560. The molecule has 9 aromatic carbocycles. The van der Waals surface area contributed by atoms with Crippen LogP contribution >= 0.6 is 0 Å². The summed E-state index contributed by atoms with van der Waals surface area (Å²) >= 11 is 0. The van der Waals surface area contributed by atoms with Crippen molar-refractivity contribution in [3.63, 3.8) is 0 Å². The molecule has 0 aliphatic carbocycles. The third-order valence-electron chi connectivity index (χ3n) is 14.4. The molecule has 0 fully saturated rings. The topological polar surface area (TPSA) is 39.8 Å². The maximum atomic E-state index is 9.26. The van der Waals surface area contributed by atoms with Gasteiger partial charge in [-0.3, -0.25) is 4.57 Å². The Labute approximate surface area is 459 Å². The number of furan rings is 1. The smallest absolute Gasteiger partial charge is 0.268 e. The van der Waals surface area contributed by atoms with Crippen LogP contribution in [0.25, 0.3) is 105 Å². The van der Waals surface area contributed by atoms with Crippen LogP contribution in [-0.2, 0) is 38.3 Å². The summed E-state index contributed by atoms with van der Waals surface area (Å²) in [6.07, 6.45) is 6.08. The normalized spacial score (nSPS) is 13.0. The van der Waals surface area contributed by atoms with E-state index in [9.17, 15) is 2.74 Å². The maximum Gasteiger partial charge on any atom is 0.268 e. The molecule has 0 N–H and O–H groups in total. The number of aromatic nitrogens is 4. The van der Waals surface area contributed by atoms with Gasteiger partial charge in [0, 0.05) is 43.7 Å². The van der Waals surface area contributed by atoms with Crippen molar-refractivity contribution in [3.8, 4) is 50.6 Å². The molecule has 0 saturated carbocycles. The van der Waals surface area contributed by atoms with Crippen LogP contribution in [0, 0.1) is 18.5 Å². The summed E-state index contributed by atoms with van der Waals surface area (Å²) in [5, 5.41) is 4.08. The first-order chi connectivity index (χ1) is 38.0. The van der Waals surface area contributed by atoms with Crippen LogP contribution in [0.1, 0.15) is 70.7 Å². The van der Waals surface area contributed by atoms with Gasteiger partial charge in [0.25, 0.3) is 6.33 Å². The fourth-order valence-electron chi connectivity index (χ4n) is 10.6. The number of hydrogen-bond donors (Lipinski definition) is 0. The van der Waals surface area contributed by atoms with Crippen LogP contribution in [-0.4, -0.2) is 14.1 Å². The first-order valence-electron chi connectivity index (χ1n) is 27.7. The van der Waals surface area contributed by atoms with E-state index in [0.717, 1.165) is 111 Å². The zero-order chi connectivity index (χ0) is 54.6. The van der Waals surface area contributed by atoms with E-state index in [1.165, 1.54) is 0 Å². The van der Waals surface area contributed by atoms with E-state index in [1.54, 1.807) is 0 Å². The Hall–Kier alpha value is -8.11. The van der Waals surface area contributed by atoms with Gasteiger partial charge in [0.2, 0.25) is 0 Å². The Kier molecular flexibility index (Phi) is 10.5. The van der Waals surface area contributed by atoms with E-state index >= 15 is 0 Å². The molecule has 13 rings (SSSR count). The fourth-order valence-corrected chi connectivity index (χ4v) is 10.6. The number of imidazole rings is 1. The van der Waals surface area contributed by atoms with E-state index in [4.69, 9.17) is 13.5 Å². The number of nitrogens with zero attached hydrogens (tertiary/aromatic N) is 4. The Balaban J connectivity index is 0.00000637. The molecule has 368 valence electrons. The van der Waals surface area contributed by atoms with Crippen molar-refractivity contribution in [1.29, 1.82) is 0 Å². The average Bonchev–Trinajstić information content (AvgIpc) is 4.24. The monoisotopic (exact) mass is 1150 g/mol. The fraction of sp³-hybridized carbons (Fsp3) is 0.130. The molecule has 0 unspecified atom stereocenters. The van der Waals surface area contributed by atoms with Gasteiger partial charge in [0.15, 0.2) is 0 Å². The van der Waals surface area contributed by atoms with Gasteiger partial charge in [-0.05, 0) is 79.4 Å². The van der Waals surface area contributed by atoms with Crippen LogP contribution in [0.15, 0.2) is 211 Å². The summed E-state index contributed by atoms with van der Waals surface area (Å²) in [6, 6.07) is 64.0. The predicted molar refractivity (Wildman–Crippen MR) is 304 cm³/mol. The van der Waals surface area contributed by atoms with Gasteiger partial charge in [-0.1, -0.05) is 205 Å². The SMILES string of the molecule is [2H]c1c([2H])c([2H])c(-c2cccc(-c3cc(C(C)(C)C)cc(C(C)(C)C)c3)c2-[n+]2[c-]n(-c3[c-]c(Cc4[c-]c5c(cc4)c4ccccc4n5-c4nccc5oc6c(-c7ccccc7)cccc6c45)ccc3)c3ccccc32)c([2H])c1[2H].[Pt]. The Morgan fingerprint density at radius 2 is 1.23 bits per heavy atom. The second-order valence-electron chi connectivity index (χ2n) is 21.3. The molecule has 0 radical (unpaired) electrons. The molecule has 0 atom stereocenters. The summed E-state index contributed by atoms with van der Waals surface area (Å²) in [7, 11) is 0. The molecule has 6 heteroatoms. The van der Waals surface area contributed by atoms with Crippen molar-refractivity contribution in [1.82, 2.24) is 14.1 Å². The van der Waals surface area contributed by atoms with Crippen LogP contribution in [0.3, 0.4) is 0 Å². The zero-order valence-electron chi connectivity index (χ0n) is 47.5. The van der Waals surface area contributed by atoms with Crippen LogP contribution in [0.5, 0.6) is 0 Å². The first-order valence-corrected chi connectivity index (χ1v) is 25.2. The third kappa shape index (κ3) is 8.40. The second kappa shape index (κ2) is 18.7. The molecule has 0 spiro atoms. The minimum atomic E-state index is -0.439. The standard InChI is InChI=1S/C69H54N4O.Pt/c1-68(2,3)50-41-49(42-51(43-50)69(4,5)6)54-28-18-27-53(47-21-9-7-10-22-47)65(54)72-44-71(60-32-15-16-33-61(60)72)52-25-17-20-45(39-52)38-46-34-35-57-56-26-13-14-31-59(56)73(62(57)40-46)67-64-58-30-19-29-55(48-23-11-8-12-24-48)66(58)74-63(64)36-37-70-67;/h7-37,41-43H,38H2,1-6H3;/q-2;/i7D,9D,10D,21D,22D;. The van der Waals surface area contributed by atoms with Gasteiger partial charge in [-0.2, -0.15) is 53.6 Å². The van der Waals surface area contributed by atoms with E-state index in [2.05, 4.69) is 168 Å². The summed E-state index contributed by atoms with van der Waals surface area (Å²) in [6.45, 7) is 13.3. The van der Waals surface area contributed by atoms with Crippen LogP contribution in [0.4, 0.5) is 0 Å². The summed E-state index contributed by atoms with van der Waals surface area (Å²) in [4.78, 5) is 5.10. The Morgan fingerprint density at radius 1 is 0.573 bits per heavy atom. The van der Waals surface area contributed by atoms with Crippen molar-refractivity contribution in [3.05, 3.63) is 247 Å². The van der Waals surface area contributed by atoms with E-state index in [1.807, 2.05) is 82.1 Å². The van der Waals surface area contributed by atoms with Gasteiger partial charge >= 0.3 is 0 Å². The maximum absolute atomic E-state index is 9.26. The molecule has 0 bridgehead atoms. The molecule has 0 aliphatic rings. The largest absolute Gasteiger partial charge is 0.455 e. The Morgan fingerprint density at radius 3 is 2.00 bits per heavy atom. The van der Waals surface area contributed by atoms with E-state index < -0.39 is 18.1 Å². The van der Waals surface area contributed by atoms with Crippen molar-refractivity contribution in [2.24, 2.45) is 0 Å². The van der Waals surface area contributed by atoms with Gasteiger partial charge in [-0.25, -0.2) is 4.98 Å². The number of para-hydroxylation sites is 5. The van der Waals surface area contributed by atoms with Crippen molar-refractivity contribution in [2.75, 3.05) is 0 Å². The number of pyridine rings is 1. The molecular formula is C69H54N4OPt-2. The van der Waals surface area contributed by atoms with Crippen molar-refractivity contribution >= 4 is 54.8 Å². The first kappa shape index (κ1) is 42.3. The van der Waals surface area contributed by atoms with Crippen LogP contribution in [0.2, 0.25) is 0 Å². The number of hydrogen-bond acceptors (Lipinski definition) is 2. The molecule has 4 aromatic heterocycles. The molecule has 5 nitrogen and oxygen atoms in total. The molecule has 0 saturated heterocycles. The number of benzene rings is 9. The van der Waals surface area contributed by atoms with E-state index in [0.29, 0.717) is 17.7 Å². The third-order valence-corrected chi connectivity index (χ3v) is 14.4. The predicted octanol–water partition coefficient (Wildman–Crippen LogP) is 16.9. The van der Waals surface area contributed by atoms with Gasteiger partial charge in [0.1, 0.15) is 17.0 Å². The molecule has 75 heavy (non-hydrogen) atoms. The van der Waals surface area contributed by atoms with E-state index in [-0.39, 0.29) is 49.5 Å². The minimum absolute atomic E-state index is 0. The summed E-state index contributed by atoms with van der Waals surface area (Å²) < 4.78 is 57.5. The summed E-state index contributed by atoms with van der Waals surface area (Å²) in [5.74, 6) is 0.769. The number of rotatable bonds is 8. The molecular weight excluding hydrogens is 1100 g/mol. The number of fused-ring (bicyclic) bond motifs is 7. The van der Waals surface area contributed by atoms with Gasteiger partial charge < -0.3 is 13.6 Å². The molecule has 0 amide bonds. The quantitative estimate of drug-likeness (QED) is 0.112. The minimum Gasteiger partial charge on any atom is -0.455 e. The summed E-state index contributed by atoms with van der Waals surface area (Å²) in [5.41, 5.74) is 14.9. The molecule has 13 aromatic rings. The second-order valence-corrected chi connectivity index (χ2v) is 21.3. The van der Waals surface area contributed by atoms with Gasteiger partial charge in [0.05, 0.1) is 29.0 Å². The van der Waals surface area contributed by atoms with Crippen molar-refractivity contribution in [2.45, 2.75) is 58.8 Å². The zero-order valence-corrected chi connectivity index (χ0v) is 44.7. The molecule has 0 aliphatic heterocycles. The van der Waals surface area contributed by atoms with Gasteiger partial charge in [-0.15, -0.1) is 5.39 Å².